The normalized spacial score (nSPS) is 13.5. The predicted octanol–water partition coefficient (Wildman–Crippen LogP) is 3.27. The first-order valence-corrected chi connectivity index (χ1v) is 10.1. The molecule has 31 heavy (non-hydrogen) atoms. The molecule has 0 bridgehead atoms. The number of anilines is 3. The molecule has 2 aromatic heterocycles. The summed E-state index contributed by atoms with van der Waals surface area (Å²) in [7, 11) is 1.61. The van der Waals surface area contributed by atoms with Gasteiger partial charge in [-0.3, -0.25) is 4.98 Å². The van der Waals surface area contributed by atoms with E-state index in [-0.39, 0.29) is 6.03 Å². The van der Waals surface area contributed by atoms with Crippen LogP contribution in [0.25, 0.3) is 11.4 Å². The topological polar surface area (TPSA) is 92.7 Å². The van der Waals surface area contributed by atoms with E-state index in [0.29, 0.717) is 36.2 Å². The molecule has 10 heteroatoms. The molecule has 0 radical (unpaired) electrons. The van der Waals surface area contributed by atoms with Crippen LogP contribution in [0.15, 0.2) is 55.0 Å². The third-order valence-electron chi connectivity index (χ3n) is 4.74. The average Bonchev–Trinajstić information content (AvgIpc) is 2.84. The number of carbonyl (C=O) groups excluding carboxylic acids is 1. The maximum atomic E-state index is 12.4. The molecule has 0 aliphatic carbocycles. The van der Waals surface area contributed by atoms with Crippen molar-refractivity contribution in [3.05, 3.63) is 55.0 Å². The number of hydrogen-bond donors (Lipinski definition) is 2. The molecule has 3 aromatic rings. The van der Waals surface area contributed by atoms with E-state index in [1.54, 1.807) is 50.0 Å². The van der Waals surface area contributed by atoms with E-state index in [2.05, 4.69) is 33.0 Å². The SMILES string of the molecule is COc1cnc(-c2ccc(N(S)C(=O)Nc3cccnc3)cc2)nc1N1CCOCC1. The van der Waals surface area contributed by atoms with Crippen LogP contribution in [0.1, 0.15) is 0 Å². The molecule has 1 aliphatic heterocycles. The van der Waals surface area contributed by atoms with Crippen molar-refractivity contribution in [1.29, 1.82) is 0 Å². The van der Waals surface area contributed by atoms with Crippen LogP contribution in [-0.2, 0) is 4.74 Å². The van der Waals surface area contributed by atoms with Crippen molar-refractivity contribution < 1.29 is 14.3 Å². The molecule has 1 aromatic carbocycles. The van der Waals surface area contributed by atoms with Gasteiger partial charge in [0.15, 0.2) is 17.4 Å². The van der Waals surface area contributed by atoms with Gasteiger partial charge in [0, 0.05) is 24.8 Å². The summed E-state index contributed by atoms with van der Waals surface area (Å²) in [5.41, 5.74) is 2.01. The number of thiol groups is 1. The van der Waals surface area contributed by atoms with E-state index >= 15 is 0 Å². The van der Waals surface area contributed by atoms with Crippen LogP contribution in [0.3, 0.4) is 0 Å². The Labute approximate surface area is 185 Å². The summed E-state index contributed by atoms with van der Waals surface area (Å²) in [5, 5.41) is 2.74. The standard InChI is InChI=1S/C21H22N6O3S/c1-29-18-14-23-19(25-20(18)26-9-11-30-12-10-26)15-4-6-17(7-5-15)27(31)21(28)24-16-3-2-8-22-13-16/h2-8,13-14,31H,9-12H2,1H3,(H,24,28). The smallest absolute Gasteiger partial charge is 0.336 e. The van der Waals surface area contributed by atoms with Crippen molar-refractivity contribution in [3.8, 4) is 17.1 Å². The monoisotopic (exact) mass is 438 g/mol. The Morgan fingerprint density at radius 3 is 2.65 bits per heavy atom. The quantitative estimate of drug-likeness (QED) is 0.591. The number of pyridine rings is 1. The summed E-state index contributed by atoms with van der Waals surface area (Å²) in [6.07, 6.45) is 4.88. The van der Waals surface area contributed by atoms with Crippen molar-refractivity contribution in [3.63, 3.8) is 0 Å². The van der Waals surface area contributed by atoms with Gasteiger partial charge < -0.3 is 19.7 Å². The van der Waals surface area contributed by atoms with Crippen LogP contribution in [0, 0.1) is 0 Å². The Kier molecular flexibility index (Phi) is 6.48. The molecule has 0 atom stereocenters. The van der Waals surface area contributed by atoms with Gasteiger partial charge in [0.2, 0.25) is 0 Å². The number of methoxy groups -OCH3 is 1. The van der Waals surface area contributed by atoms with Gasteiger partial charge in [0.05, 0.1) is 44.1 Å². The zero-order valence-corrected chi connectivity index (χ0v) is 17.8. The molecule has 1 saturated heterocycles. The Morgan fingerprint density at radius 2 is 1.97 bits per heavy atom. The highest BCUT2D eigenvalue weighted by atomic mass is 32.1. The van der Waals surface area contributed by atoms with Gasteiger partial charge in [0.25, 0.3) is 0 Å². The molecule has 160 valence electrons. The van der Waals surface area contributed by atoms with Crippen LogP contribution in [0.2, 0.25) is 0 Å². The molecule has 1 aliphatic rings. The second-order valence-electron chi connectivity index (χ2n) is 6.72. The lowest BCUT2D eigenvalue weighted by Gasteiger charge is -2.29. The Hall–Kier alpha value is -3.37. The molecule has 9 nitrogen and oxygen atoms in total. The first kappa shape index (κ1) is 20.9. The van der Waals surface area contributed by atoms with Gasteiger partial charge in [-0.2, -0.15) is 0 Å². The van der Waals surface area contributed by atoms with Gasteiger partial charge in [-0.25, -0.2) is 19.1 Å². The lowest BCUT2D eigenvalue weighted by Crippen LogP contribution is -2.37. The van der Waals surface area contributed by atoms with Crippen LogP contribution >= 0.6 is 12.8 Å². The van der Waals surface area contributed by atoms with Crippen LogP contribution in [0.4, 0.5) is 22.0 Å². The minimum absolute atomic E-state index is 0.389. The number of morpholine rings is 1. The first-order chi connectivity index (χ1) is 15.2. The number of aromatic nitrogens is 3. The Balaban J connectivity index is 1.51. The van der Waals surface area contributed by atoms with Gasteiger partial charge >= 0.3 is 6.03 Å². The zero-order chi connectivity index (χ0) is 21.6. The number of rotatable bonds is 5. The van der Waals surface area contributed by atoms with Crippen molar-refractivity contribution >= 4 is 36.0 Å². The number of urea groups is 1. The van der Waals surface area contributed by atoms with Crippen molar-refractivity contribution in [2.24, 2.45) is 0 Å². The number of carbonyl (C=O) groups is 1. The molecule has 0 unspecified atom stereocenters. The summed E-state index contributed by atoms with van der Waals surface area (Å²) in [6.45, 7) is 2.78. The predicted molar refractivity (Wildman–Crippen MR) is 122 cm³/mol. The molecular formula is C21H22N6O3S. The third kappa shape index (κ3) is 4.86. The summed E-state index contributed by atoms with van der Waals surface area (Å²) < 4.78 is 12.1. The highest BCUT2D eigenvalue weighted by Gasteiger charge is 2.19. The number of ether oxygens (including phenoxy) is 2. The summed E-state index contributed by atoms with van der Waals surface area (Å²) in [4.78, 5) is 27.7. The molecular weight excluding hydrogens is 416 g/mol. The third-order valence-corrected chi connectivity index (χ3v) is 5.15. The highest BCUT2D eigenvalue weighted by Crippen LogP contribution is 2.29. The zero-order valence-electron chi connectivity index (χ0n) is 16.9. The van der Waals surface area contributed by atoms with Gasteiger partial charge in [-0.05, 0) is 36.4 Å². The molecule has 1 N–H and O–H groups in total. The second kappa shape index (κ2) is 9.63. The largest absolute Gasteiger partial charge is 0.491 e. The fraction of sp³-hybridized carbons (Fsp3) is 0.238. The van der Waals surface area contributed by atoms with E-state index in [1.165, 1.54) is 4.31 Å². The molecule has 3 heterocycles. The van der Waals surface area contributed by atoms with Crippen molar-refractivity contribution in [2.45, 2.75) is 0 Å². The second-order valence-corrected chi connectivity index (χ2v) is 7.12. The number of benzene rings is 1. The van der Waals surface area contributed by atoms with Crippen LogP contribution < -0.4 is 19.3 Å². The average molecular weight is 439 g/mol. The minimum atomic E-state index is -0.389. The first-order valence-electron chi connectivity index (χ1n) is 9.70. The fourth-order valence-corrected chi connectivity index (χ4v) is 3.31. The van der Waals surface area contributed by atoms with Crippen molar-refractivity contribution in [2.75, 3.05) is 47.9 Å². The lowest BCUT2D eigenvalue weighted by molar-refractivity contribution is 0.122. The maximum Gasteiger partial charge on any atom is 0.336 e. The Morgan fingerprint density at radius 1 is 1.19 bits per heavy atom. The molecule has 0 saturated carbocycles. The summed E-state index contributed by atoms with van der Waals surface area (Å²) in [5.74, 6) is 1.93. The van der Waals surface area contributed by atoms with E-state index in [9.17, 15) is 4.79 Å². The molecule has 2 amide bonds. The number of hydrogen-bond acceptors (Lipinski definition) is 8. The van der Waals surface area contributed by atoms with Gasteiger partial charge in [-0.1, -0.05) is 12.8 Å². The molecule has 1 fully saturated rings. The van der Waals surface area contributed by atoms with Crippen molar-refractivity contribution in [1.82, 2.24) is 15.0 Å². The fourth-order valence-electron chi connectivity index (χ4n) is 3.13. The number of nitrogens with one attached hydrogen (secondary N) is 1. The van der Waals surface area contributed by atoms with Crippen LogP contribution in [0.5, 0.6) is 5.75 Å². The lowest BCUT2D eigenvalue weighted by atomic mass is 10.2. The summed E-state index contributed by atoms with van der Waals surface area (Å²) in [6, 6.07) is 10.4. The molecule has 4 rings (SSSR count). The van der Waals surface area contributed by atoms with Gasteiger partial charge in [-0.15, -0.1) is 0 Å². The molecule has 0 spiro atoms. The summed E-state index contributed by atoms with van der Waals surface area (Å²) >= 11 is 4.31. The minimum Gasteiger partial charge on any atom is -0.491 e. The van der Waals surface area contributed by atoms with Crippen LogP contribution in [-0.4, -0.2) is 54.4 Å². The Bertz CT molecular complexity index is 1030. The van der Waals surface area contributed by atoms with E-state index in [1.807, 2.05) is 12.1 Å². The van der Waals surface area contributed by atoms with Gasteiger partial charge in [0.1, 0.15) is 0 Å². The number of nitrogens with zero attached hydrogens (tertiary/aromatic N) is 5. The highest BCUT2D eigenvalue weighted by molar-refractivity contribution is 7.82. The van der Waals surface area contributed by atoms with E-state index in [4.69, 9.17) is 14.5 Å². The van der Waals surface area contributed by atoms with E-state index in [0.717, 1.165) is 24.5 Å². The number of amides is 2. The van der Waals surface area contributed by atoms with E-state index < -0.39 is 0 Å². The maximum absolute atomic E-state index is 12.4.